The molecule has 2 aromatic rings. The van der Waals surface area contributed by atoms with Crippen molar-refractivity contribution in [3.05, 3.63) is 35.1 Å². The Bertz CT molecular complexity index is 623. The third-order valence-electron chi connectivity index (χ3n) is 3.72. The van der Waals surface area contributed by atoms with Crippen LogP contribution in [0.15, 0.2) is 24.3 Å². The van der Waals surface area contributed by atoms with E-state index in [4.69, 9.17) is 11.6 Å². The van der Waals surface area contributed by atoms with Gasteiger partial charge in [-0.1, -0.05) is 24.6 Å². The molecule has 0 spiro atoms. The van der Waals surface area contributed by atoms with Gasteiger partial charge >= 0.3 is 0 Å². The van der Waals surface area contributed by atoms with Gasteiger partial charge in [-0.25, -0.2) is 0 Å². The average molecular weight is 289 g/mol. The fraction of sp³-hybridized carbons (Fsp3) is 0.400. The maximum atomic E-state index is 6.00. The lowest BCUT2D eigenvalue weighted by molar-refractivity contribution is 0.420. The zero-order valence-electron chi connectivity index (χ0n) is 11.7. The van der Waals surface area contributed by atoms with E-state index in [0.29, 0.717) is 17.7 Å². The van der Waals surface area contributed by atoms with Crippen LogP contribution in [-0.2, 0) is 0 Å². The highest BCUT2D eigenvalue weighted by molar-refractivity contribution is 6.28. The Morgan fingerprint density at radius 3 is 2.60 bits per heavy atom. The Balaban J connectivity index is 1.99. The Kier molecular flexibility index (Phi) is 3.57. The lowest BCUT2D eigenvalue weighted by atomic mass is 9.80. The summed E-state index contributed by atoms with van der Waals surface area (Å²) in [5, 5.41) is 0.229. The van der Waals surface area contributed by atoms with Crippen LogP contribution in [0.2, 0.25) is 5.28 Å². The summed E-state index contributed by atoms with van der Waals surface area (Å²) in [4.78, 5) is 14.7. The minimum atomic E-state index is 0.229. The molecule has 0 radical (unpaired) electrons. The van der Waals surface area contributed by atoms with Gasteiger partial charge in [0.25, 0.3) is 0 Å². The summed E-state index contributed by atoms with van der Waals surface area (Å²) in [5.41, 5.74) is 2.37. The van der Waals surface area contributed by atoms with Crippen molar-refractivity contribution >= 4 is 17.5 Å². The molecule has 0 amide bonds. The first-order valence-electron chi connectivity index (χ1n) is 6.83. The van der Waals surface area contributed by atoms with Crippen LogP contribution < -0.4 is 4.90 Å². The highest BCUT2D eigenvalue weighted by Crippen LogP contribution is 2.37. The fourth-order valence-electron chi connectivity index (χ4n) is 2.34. The molecule has 0 unspecified atom stereocenters. The van der Waals surface area contributed by atoms with Crippen molar-refractivity contribution in [1.29, 1.82) is 0 Å². The molecule has 1 saturated carbocycles. The second kappa shape index (κ2) is 5.37. The molecule has 20 heavy (non-hydrogen) atoms. The summed E-state index contributed by atoms with van der Waals surface area (Å²) >= 11 is 6.00. The molecule has 1 aromatic carbocycles. The summed E-state index contributed by atoms with van der Waals surface area (Å²) in [6.45, 7) is 0. The molecule has 4 nitrogen and oxygen atoms in total. The van der Waals surface area contributed by atoms with Gasteiger partial charge < -0.3 is 4.90 Å². The zero-order chi connectivity index (χ0) is 14.1. The quantitative estimate of drug-likeness (QED) is 0.866. The molecule has 5 heteroatoms. The van der Waals surface area contributed by atoms with E-state index in [1.54, 1.807) is 0 Å². The third-order valence-corrected chi connectivity index (χ3v) is 3.89. The van der Waals surface area contributed by atoms with Crippen LogP contribution >= 0.6 is 11.6 Å². The van der Waals surface area contributed by atoms with Gasteiger partial charge in [0.05, 0.1) is 0 Å². The first-order chi connectivity index (χ1) is 9.63. The first-order valence-corrected chi connectivity index (χ1v) is 7.20. The summed E-state index contributed by atoms with van der Waals surface area (Å²) in [6.07, 6.45) is 3.89. The molecule has 1 aromatic heterocycles. The Morgan fingerprint density at radius 1 is 1.15 bits per heavy atom. The van der Waals surface area contributed by atoms with Gasteiger partial charge in [0.1, 0.15) is 0 Å². The van der Waals surface area contributed by atoms with E-state index in [1.165, 1.54) is 24.8 Å². The van der Waals surface area contributed by atoms with E-state index in [-0.39, 0.29) is 5.28 Å². The van der Waals surface area contributed by atoms with Crippen LogP contribution in [0.3, 0.4) is 0 Å². The fourth-order valence-corrected chi connectivity index (χ4v) is 2.50. The Labute approximate surface area is 123 Å². The molecule has 104 valence electrons. The van der Waals surface area contributed by atoms with Crippen LogP contribution in [0.4, 0.5) is 5.95 Å². The number of benzene rings is 1. The largest absolute Gasteiger partial charge is 0.347 e. The van der Waals surface area contributed by atoms with E-state index in [0.717, 1.165) is 5.56 Å². The summed E-state index contributed by atoms with van der Waals surface area (Å²) < 4.78 is 0. The van der Waals surface area contributed by atoms with Gasteiger partial charge in [-0.3, -0.25) is 0 Å². The van der Waals surface area contributed by atoms with Crippen molar-refractivity contribution in [2.45, 2.75) is 25.2 Å². The number of aromatic nitrogens is 3. The molecule has 0 saturated heterocycles. The molecular formula is C15H17ClN4. The molecule has 0 bridgehead atoms. The van der Waals surface area contributed by atoms with Gasteiger partial charge in [-0.05, 0) is 42.0 Å². The number of hydrogen-bond donors (Lipinski definition) is 0. The topological polar surface area (TPSA) is 41.9 Å². The van der Waals surface area contributed by atoms with E-state index in [9.17, 15) is 0 Å². The minimum absolute atomic E-state index is 0.229. The highest BCUT2D eigenvalue weighted by atomic mass is 35.5. The number of halogens is 1. The molecule has 0 N–H and O–H groups in total. The highest BCUT2D eigenvalue weighted by Gasteiger charge is 2.20. The molecule has 0 atom stereocenters. The maximum absolute atomic E-state index is 6.00. The maximum Gasteiger partial charge on any atom is 0.229 e. The minimum Gasteiger partial charge on any atom is -0.347 e. The van der Waals surface area contributed by atoms with Gasteiger partial charge in [0, 0.05) is 19.7 Å². The van der Waals surface area contributed by atoms with Crippen LogP contribution in [-0.4, -0.2) is 29.0 Å². The van der Waals surface area contributed by atoms with Crippen molar-refractivity contribution in [1.82, 2.24) is 15.0 Å². The predicted molar refractivity (Wildman–Crippen MR) is 81.2 cm³/mol. The smallest absolute Gasteiger partial charge is 0.229 e. The lowest BCUT2D eigenvalue weighted by Gasteiger charge is -2.26. The molecule has 1 aliphatic carbocycles. The van der Waals surface area contributed by atoms with Gasteiger partial charge in [0.15, 0.2) is 5.82 Å². The second-order valence-corrected chi connectivity index (χ2v) is 5.71. The predicted octanol–water partition coefficient (Wildman–Crippen LogP) is 3.53. The molecular weight excluding hydrogens is 272 g/mol. The number of rotatable bonds is 3. The summed E-state index contributed by atoms with van der Waals surface area (Å²) in [7, 11) is 3.78. The van der Waals surface area contributed by atoms with Crippen LogP contribution in [0, 0.1) is 0 Å². The van der Waals surface area contributed by atoms with Crippen molar-refractivity contribution in [2.75, 3.05) is 19.0 Å². The zero-order valence-corrected chi connectivity index (χ0v) is 12.4. The standard InChI is InChI=1S/C15H17ClN4/c1-20(2)15-18-13(17-14(16)19-15)12-8-4-7-11(9-12)10-5-3-6-10/h4,7-10H,3,5-6H2,1-2H3. The molecule has 1 fully saturated rings. The molecule has 3 rings (SSSR count). The molecule has 1 heterocycles. The normalized spacial score (nSPS) is 14.9. The van der Waals surface area contributed by atoms with Crippen LogP contribution in [0.1, 0.15) is 30.7 Å². The van der Waals surface area contributed by atoms with Crippen molar-refractivity contribution in [3.8, 4) is 11.4 Å². The van der Waals surface area contributed by atoms with Gasteiger partial charge in [-0.15, -0.1) is 0 Å². The van der Waals surface area contributed by atoms with Crippen molar-refractivity contribution < 1.29 is 0 Å². The Hall–Kier alpha value is -1.68. The van der Waals surface area contributed by atoms with E-state index < -0.39 is 0 Å². The van der Waals surface area contributed by atoms with E-state index in [1.807, 2.05) is 25.1 Å². The van der Waals surface area contributed by atoms with Crippen molar-refractivity contribution in [2.24, 2.45) is 0 Å². The number of anilines is 1. The third kappa shape index (κ3) is 2.61. The average Bonchev–Trinajstić information content (AvgIpc) is 2.36. The SMILES string of the molecule is CN(C)c1nc(Cl)nc(-c2cccc(C3CCC3)c2)n1. The summed E-state index contributed by atoms with van der Waals surface area (Å²) in [5.74, 6) is 1.91. The number of hydrogen-bond acceptors (Lipinski definition) is 4. The van der Waals surface area contributed by atoms with Gasteiger partial charge in [-0.2, -0.15) is 15.0 Å². The molecule has 0 aliphatic heterocycles. The number of nitrogens with zero attached hydrogens (tertiary/aromatic N) is 4. The second-order valence-electron chi connectivity index (χ2n) is 5.38. The van der Waals surface area contributed by atoms with Crippen molar-refractivity contribution in [3.63, 3.8) is 0 Å². The van der Waals surface area contributed by atoms with Crippen LogP contribution in [0.5, 0.6) is 0 Å². The first kappa shape index (κ1) is 13.3. The monoisotopic (exact) mass is 288 g/mol. The molecule has 1 aliphatic rings. The lowest BCUT2D eigenvalue weighted by Crippen LogP contribution is -2.14. The van der Waals surface area contributed by atoms with E-state index in [2.05, 4.69) is 33.2 Å². The van der Waals surface area contributed by atoms with Gasteiger partial charge in [0.2, 0.25) is 11.2 Å². The Morgan fingerprint density at radius 2 is 1.95 bits per heavy atom. The van der Waals surface area contributed by atoms with E-state index >= 15 is 0 Å². The summed E-state index contributed by atoms with van der Waals surface area (Å²) in [6, 6.07) is 8.45. The van der Waals surface area contributed by atoms with Crippen LogP contribution in [0.25, 0.3) is 11.4 Å².